The van der Waals surface area contributed by atoms with Crippen LogP contribution >= 0.6 is 12.4 Å². The Morgan fingerprint density at radius 2 is 1.95 bits per heavy atom. The van der Waals surface area contributed by atoms with Gasteiger partial charge in [0.2, 0.25) is 0 Å². The van der Waals surface area contributed by atoms with Crippen molar-refractivity contribution < 1.29 is 8.81 Å². The molecule has 0 fully saturated rings. The molecule has 0 saturated carbocycles. The largest absolute Gasteiger partial charge is 0.460 e. The molecule has 4 heteroatoms. The predicted molar refractivity (Wildman–Crippen MR) is 77.9 cm³/mol. The molecule has 0 radical (unpaired) electrons. The molecule has 0 aliphatic heterocycles. The lowest BCUT2D eigenvalue weighted by molar-refractivity contribution is 0.455. The molecule has 1 aromatic heterocycles. The van der Waals surface area contributed by atoms with Gasteiger partial charge in [0.15, 0.2) is 0 Å². The lowest BCUT2D eigenvalue weighted by Gasteiger charge is -2.09. The summed E-state index contributed by atoms with van der Waals surface area (Å²) in [7, 11) is 0. The van der Waals surface area contributed by atoms with Crippen molar-refractivity contribution >= 4 is 12.4 Å². The SMILES string of the molecule is CCC(C)NCc1ccc(-c2ccccc2F)o1.Cl. The Kier molecular flexibility index (Phi) is 6.06. The average molecular weight is 284 g/mol. The van der Waals surface area contributed by atoms with Crippen molar-refractivity contribution in [2.24, 2.45) is 0 Å². The second-order valence-corrected chi connectivity index (χ2v) is 4.44. The standard InChI is InChI=1S/C15H18FNO.ClH/c1-3-11(2)17-10-12-8-9-15(18-12)13-6-4-5-7-14(13)16;/h4-9,11,17H,3,10H2,1-2H3;1H. The van der Waals surface area contributed by atoms with Gasteiger partial charge in [-0.2, -0.15) is 0 Å². The number of rotatable bonds is 5. The van der Waals surface area contributed by atoms with Crippen molar-refractivity contribution in [3.63, 3.8) is 0 Å². The topological polar surface area (TPSA) is 25.2 Å². The molecule has 1 aromatic carbocycles. The van der Waals surface area contributed by atoms with Crippen LogP contribution in [0.4, 0.5) is 4.39 Å². The normalized spacial score (nSPS) is 11.9. The van der Waals surface area contributed by atoms with Crippen LogP contribution in [0.15, 0.2) is 40.8 Å². The summed E-state index contributed by atoms with van der Waals surface area (Å²) in [5, 5.41) is 3.34. The Balaban J connectivity index is 0.00000180. The van der Waals surface area contributed by atoms with Gasteiger partial charge >= 0.3 is 0 Å². The molecular weight excluding hydrogens is 265 g/mol. The molecule has 0 spiro atoms. The molecule has 1 heterocycles. The molecule has 1 atom stereocenters. The molecule has 0 amide bonds. The van der Waals surface area contributed by atoms with Crippen molar-refractivity contribution in [2.45, 2.75) is 32.9 Å². The first-order valence-electron chi connectivity index (χ1n) is 6.27. The Labute approximate surface area is 119 Å². The molecule has 104 valence electrons. The summed E-state index contributed by atoms with van der Waals surface area (Å²) >= 11 is 0. The molecule has 2 nitrogen and oxygen atoms in total. The highest BCUT2D eigenvalue weighted by atomic mass is 35.5. The molecule has 0 aliphatic rings. The third kappa shape index (κ3) is 4.08. The number of hydrogen-bond acceptors (Lipinski definition) is 2. The number of furan rings is 1. The summed E-state index contributed by atoms with van der Waals surface area (Å²) in [6, 6.07) is 10.8. The number of nitrogens with one attached hydrogen (secondary N) is 1. The maximum absolute atomic E-state index is 13.6. The predicted octanol–water partition coefficient (Wildman–Crippen LogP) is 4.40. The molecule has 0 bridgehead atoms. The van der Waals surface area contributed by atoms with Gasteiger partial charge in [0, 0.05) is 6.04 Å². The zero-order valence-corrected chi connectivity index (χ0v) is 12.0. The summed E-state index contributed by atoms with van der Waals surface area (Å²) in [6.07, 6.45) is 1.07. The van der Waals surface area contributed by atoms with E-state index < -0.39 is 0 Å². The van der Waals surface area contributed by atoms with E-state index in [-0.39, 0.29) is 18.2 Å². The highest BCUT2D eigenvalue weighted by Crippen LogP contribution is 2.24. The van der Waals surface area contributed by atoms with Crippen LogP contribution in [0.25, 0.3) is 11.3 Å². The van der Waals surface area contributed by atoms with Crippen molar-refractivity contribution in [3.8, 4) is 11.3 Å². The van der Waals surface area contributed by atoms with E-state index >= 15 is 0 Å². The molecule has 19 heavy (non-hydrogen) atoms. The van der Waals surface area contributed by atoms with E-state index in [1.165, 1.54) is 6.07 Å². The van der Waals surface area contributed by atoms with Gasteiger partial charge in [-0.15, -0.1) is 12.4 Å². The van der Waals surface area contributed by atoms with E-state index in [1.807, 2.05) is 12.1 Å². The second-order valence-electron chi connectivity index (χ2n) is 4.44. The first-order valence-corrected chi connectivity index (χ1v) is 6.27. The Morgan fingerprint density at radius 3 is 2.63 bits per heavy atom. The van der Waals surface area contributed by atoms with E-state index in [0.29, 0.717) is 23.9 Å². The van der Waals surface area contributed by atoms with Gasteiger partial charge in [0.25, 0.3) is 0 Å². The van der Waals surface area contributed by atoms with Gasteiger partial charge in [0.05, 0.1) is 12.1 Å². The smallest absolute Gasteiger partial charge is 0.137 e. The van der Waals surface area contributed by atoms with Crippen LogP contribution in [0, 0.1) is 5.82 Å². The minimum Gasteiger partial charge on any atom is -0.460 e. The monoisotopic (exact) mass is 283 g/mol. The maximum atomic E-state index is 13.6. The third-order valence-corrected chi connectivity index (χ3v) is 3.04. The van der Waals surface area contributed by atoms with Crippen LogP contribution in [0.1, 0.15) is 26.0 Å². The van der Waals surface area contributed by atoms with Gasteiger partial charge in [-0.1, -0.05) is 19.1 Å². The highest BCUT2D eigenvalue weighted by Gasteiger charge is 2.09. The molecule has 2 rings (SSSR count). The average Bonchev–Trinajstić information content (AvgIpc) is 2.85. The van der Waals surface area contributed by atoms with Gasteiger partial charge in [0.1, 0.15) is 17.3 Å². The van der Waals surface area contributed by atoms with Gasteiger partial charge < -0.3 is 9.73 Å². The summed E-state index contributed by atoms with van der Waals surface area (Å²) in [4.78, 5) is 0. The van der Waals surface area contributed by atoms with Crippen LogP contribution in [0.5, 0.6) is 0 Å². The Morgan fingerprint density at radius 1 is 1.21 bits per heavy atom. The minimum absolute atomic E-state index is 0. The van der Waals surface area contributed by atoms with Gasteiger partial charge in [-0.25, -0.2) is 4.39 Å². The summed E-state index contributed by atoms with van der Waals surface area (Å²) in [5.41, 5.74) is 0.507. The molecule has 1 unspecified atom stereocenters. The zero-order chi connectivity index (χ0) is 13.0. The van der Waals surface area contributed by atoms with Crippen LogP contribution in [0.2, 0.25) is 0 Å². The zero-order valence-electron chi connectivity index (χ0n) is 11.2. The van der Waals surface area contributed by atoms with Crippen molar-refractivity contribution in [1.82, 2.24) is 5.32 Å². The summed E-state index contributed by atoms with van der Waals surface area (Å²) in [5.74, 6) is 1.15. The van der Waals surface area contributed by atoms with E-state index in [2.05, 4.69) is 19.2 Å². The highest BCUT2D eigenvalue weighted by molar-refractivity contribution is 5.85. The first-order chi connectivity index (χ1) is 8.70. The summed E-state index contributed by atoms with van der Waals surface area (Å²) in [6.45, 7) is 4.93. The van der Waals surface area contributed by atoms with Gasteiger partial charge in [-0.3, -0.25) is 0 Å². The molecule has 2 aromatic rings. The van der Waals surface area contributed by atoms with E-state index in [9.17, 15) is 4.39 Å². The van der Waals surface area contributed by atoms with Crippen molar-refractivity contribution in [3.05, 3.63) is 48.0 Å². The van der Waals surface area contributed by atoms with Crippen LogP contribution in [-0.4, -0.2) is 6.04 Å². The Hall–Kier alpha value is -1.32. The van der Waals surface area contributed by atoms with Gasteiger partial charge in [-0.05, 0) is 37.6 Å². The second kappa shape index (κ2) is 7.31. The number of benzene rings is 1. The van der Waals surface area contributed by atoms with Crippen LogP contribution in [0.3, 0.4) is 0 Å². The first kappa shape index (κ1) is 15.7. The van der Waals surface area contributed by atoms with E-state index in [1.54, 1.807) is 18.2 Å². The fourth-order valence-electron chi connectivity index (χ4n) is 1.70. The van der Waals surface area contributed by atoms with Crippen LogP contribution < -0.4 is 5.32 Å². The fraction of sp³-hybridized carbons (Fsp3) is 0.333. The number of halogens is 2. The molecule has 0 saturated heterocycles. The Bertz CT molecular complexity index is 512. The van der Waals surface area contributed by atoms with E-state index in [0.717, 1.165) is 12.2 Å². The van der Waals surface area contributed by atoms with Crippen molar-refractivity contribution in [1.29, 1.82) is 0 Å². The maximum Gasteiger partial charge on any atom is 0.137 e. The third-order valence-electron chi connectivity index (χ3n) is 3.04. The van der Waals surface area contributed by atoms with Crippen LogP contribution in [-0.2, 0) is 6.54 Å². The molecule has 0 aliphatic carbocycles. The minimum atomic E-state index is -0.256. The van der Waals surface area contributed by atoms with Crippen molar-refractivity contribution in [2.75, 3.05) is 0 Å². The lowest BCUT2D eigenvalue weighted by atomic mass is 10.1. The summed E-state index contributed by atoms with van der Waals surface area (Å²) < 4.78 is 19.2. The molecular formula is C15H19ClFNO. The number of hydrogen-bond donors (Lipinski definition) is 1. The molecule has 1 N–H and O–H groups in total. The lowest BCUT2D eigenvalue weighted by Crippen LogP contribution is -2.24. The van der Waals surface area contributed by atoms with E-state index in [4.69, 9.17) is 4.42 Å². The quantitative estimate of drug-likeness (QED) is 0.880. The fourth-order valence-corrected chi connectivity index (χ4v) is 1.70.